The van der Waals surface area contributed by atoms with Crippen LogP contribution in [0.25, 0.3) is 0 Å². The molecule has 0 N–H and O–H groups in total. The molecule has 1 amide bonds. The highest BCUT2D eigenvalue weighted by Crippen LogP contribution is 2.34. The summed E-state index contributed by atoms with van der Waals surface area (Å²) in [7, 11) is 0. The number of likely N-dealkylation sites (tertiary alicyclic amines) is 1. The molecule has 25 heavy (non-hydrogen) atoms. The smallest absolute Gasteiger partial charge is 0.410 e. The first-order valence-electron chi connectivity index (χ1n) is 8.61. The first-order chi connectivity index (χ1) is 11.7. The van der Waals surface area contributed by atoms with Crippen molar-refractivity contribution in [2.75, 3.05) is 19.7 Å². The van der Waals surface area contributed by atoms with E-state index in [-0.39, 0.29) is 30.9 Å². The third-order valence-corrected chi connectivity index (χ3v) is 4.15. The maximum Gasteiger partial charge on any atom is 0.410 e. The Hall–Kier alpha value is -2.11. The maximum atomic E-state index is 13.2. The van der Waals surface area contributed by atoms with E-state index in [4.69, 9.17) is 9.47 Å². The number of carbonyl (C=O) groups excluding carboxylic acids is 2. The lowest BCUT2D eigenvalue weighted by molar-refractivity contribution is -0.150. The van der Waals surface area contributed by atoms with Crippen LogP contribution in [0, 0.1) is 11.7 Å². The Kier molecular flexibility index (Phi) is 6.03. The predicted molar refractivity (Wildman–Crippen MR) is 91.7 cm³/mol. The molecular weight excluding hydrogens is 325 g/mol. The second-order valence-electron chi connectivity index (χ2n) is 7.23. The summed E-state index contributed by atoms with van der Waals surface area (Å²) in [5.74, 6) is -1.27. The molecule has 6 heteroatoms. The highest BCUT2D eigenvalue weighted by molar-refractivity contribution is 5.76. The van der Waals surface area contributed by atoms with Gasteiger partial charge in [-0.25, -0.2) is 9.18 Å². The predicted octanol–water partition coefficient (Wildman–Crippen LogP) is 3.73. The molecule has 138 valence electrons. The van der Waals surface area contributed by atoms with E-state index in [2.05, 4.69) is 0 Å². The molecule has 0 unspecified atom stereocenters. The van der Waals surface area contributed by atoms with Crippen LogP contribution in [0.15, 0.2) is 24.3 Å². The summed E-state index contributed by atoms with van der Waals surface area (Å²) >= 11 is 0. The molecule has 0 aliphatic carbocycles. The summed E-state index contributed by atoms with van der Waals surface area (Å²) in [6, 6.07) is 6.15. The van der Waals surface area contributed by atoms with Crippen LogP contribution in [0.4, 0.5) is 9.18 Å². The second kappa shape index (κ2) is 7.85. The molecule has 1 aromatic carbocycles. The minimum Gasteiger partial charge on any atom is -0.466 e. The normalized spacial score (nSPS) is 20.9. The zero-order valence-electron chi connectivity index (χ0n) is 15.3. The highest BCUT2D eigenvalue weighted by atomic mass is 19.1. The third kappa shape index (κ3) is 5.18. The molecule has 0 spiro atoms. The average molecular weight is 351 g/mol. The monoisotopic (exact) mass is 351 g/mol. The molecule has 1 aliphatic rings. The fourth-order valence-corrected chi connectivity index (χ4v) is 3.04. The van der Waals surface area contributed by atoms with E-state index in [0.717, 1.165) is 5.56 Å². The Balaban J connectivity index is 2.18. The van der Waals surface area contributed by atoms with E-state index in [1.54, 1.807) is 44.7 Å². The van der Waals surface area contributed by atoms with Crippen LogP contribution in [-0.4, -0.2) is 42.3 Å². The summed E-state index contributed by atoms with van der Waals surface area (Å²) in [6.45, 7) is 8.15. The first-order valence-corrected chi connectivity index (χ1v) is 8.61. The van der Waals surface area contributed by atoms with Gasteiger partial charge in [-0.2, -0.15) is 0 Å². The van der Waals surface area contributed by atoms with Crippen LogP contribution < -0.4 is 0 Å². The Labute approximate surface area is 148 Å². The number of nitrogens with zero attached hydrogens (tertiary/aromatic N) is 1. The molecule has 1 aliphatic heterocycles. The zero-order valence-corrected chi connectivity index (χ0v) is 15.3. The van der Waals surface area contributed by atoms with Crippen LogP contribution >= 0.6 is 0 Å². The Bertz CT molecular complexity index is 609. The fraction of sp³-hybridized carbons (Fsp3) is 0.579. The van der Waals surface area contributed by atoms with Crippen molar-refractivity contribution >= 4 is 12.1 Å². The summed E-state index contributed by atoms with van der Waals surface area (Å²) in [5, 5.41) is 0. The highest BCUT2D eigenvalue weighted by Gasteiger charge is 2.39. The van der Waals surface area contributed by atoms with Crippen LogP contribution in [0.1, 0.15) is 45.6 Å². The Morgan fingerprint density at radius 2 is 1.88 bits per heavy atom. The van der Waals surface area contributed by atoms with Crippen LogP contribution in [0.2, 0.25) is 0 Å². The van der Waals surface area contributed by atoms with Crippen LogP contribution in [-0.2, 0) is 14.3 Å². The van der Waals surface area contributed by atoms with E-state index in [9.17, 15) is 14.0 Å². The van der Waals surface area contributed by atoms with E-state index < -0.39 is 17.6 Å². The number of hydrogen-bond acceptors (Lipinski definition) is 4. The standard InChI is InChI=1S/C19H26FNO4/c1-5-24-17(22)16-12-21(18(23)25-19(2,3)4)11-10-15(16)13-6-8-14(20)9-7-13/h6-9,15-16H,5,10-12H2,1-4H3/t15-,16-/m1/s1. The number of hydrogen-bond donors (Lipinski definition) is 0. The number of esters is 1. The van der Waals surface area contributed by atoms with Gasteiger partial charge in [-0.15, -0.1) is 0 Å². The quantitative estimate of drug-likeness (QED) is 0.779. The van der Waals surface area contributed by atoms with Crippen molar-refractivity contribution in [1.82, 2.24) is 4.90 Å². The average Bonchev–Trinajstić information content (AvgIpc) is 2.54. The number of rotatable bonds is 3. The van der Waals surface area contributed by atoms with Gasteiger partial charge < -0.3 is 14.4 Å². The number of benzene rings is 1. The minimum absolute atomic E-state index is 0.113. The number of carbonyl (C=O) groups is 2. The van der Waals surface area contributed by atoms with Crippen LogP contribution in [0.3, 0.4) is 0 Å². The van der Waals surface area contributed by atoms with Crippen LogP contribution in [0.5, 0.6) is 0 Å². The Morgan fingerprint density at radius 1 is 1.24 bits per heavy atom. The number of amides is 1. The molecule has 0 bridgehead atoms. The summed E-state index contributed by atoms with van der Waals surface area (Å²) in [4.78, 5) is 26.3. The molecule has 1 heterocycles. The molecule has 0 aromatic heterocycles. The molecule has 2 atom stereocenters. The van der Waals surface area contributed by atoms with Crippen molar-refractivity contribution in [3.63, 3.8) is 0 Å². The lowest BCUT2D eigenvalue weighted by Crippen LogP contribution is -2.47. The molecule has 1 fully saturated rings. The van der Waals surface area contributed by atoms with Crippen molar-refractivity contribution in [2.45, 2.75) is 45.6 Å². The van der Waals surface area contributed by atoms with Crippen molar-refractivity contribution in [1.29, 1.82) is 0 Å². The second-order valence-corrected chi connectivity index (χ2v) is 7.23. The van der Waals surface area contributed by atoms with Crippen molar-refractivity contribution in [2.24, 2.45) is 5.92 Å². The molecule has 5 nitrogen and oxygen atoms in total. The molecular formula is C19H26FNO4. The van der Waals surface area contributed by atoms with Gasteiger partial charge in [0.25, 0.3) is 0 Å². The fourth-order valence-electron chi connectivity index (χ4n) is 3.04. The maximum absolute atomic E-state index is 13.2. The topological polar surface area (TPSA) is 55.8 Å². The van der Waals surface area contributed by atoms with Gasteiger partial charge in [0.2, 0.25) is 0 Å². The van der Waals surface area contributed by atoms with Crippen molar-refractivity contribution in [3.05, 3.63) is 35.6 Å². The van der Waals surface area contributed by atoms with Gasteiger partial charge in [-0.3, -0.25) is 4.79 Å². The number of halogens is 1. The Morgan fingerprint density at radius 3 is 2.44 bits per heavy atom. The SMILES string of the molecule is CCOC(=O)[C@@H]1CN(C(=O)OC(C)(C)C)CC[C@@H]1c1ccc(F)cc1. The molecule has 0 radical (unpaired) electrons. The number of piperidine rings is 1. The lowest BCUT2D eigenvalue weighted by atomic mass is 9.80. The van der Waals surface area contributed by atoms with Gasteiger partial charge in [0.1, 0.15) is 11.4 Å². The van der Waals surface area contributed by atoms with E-state index >= 15 is 0 Å². The lowest BCUT2D eigenvalue weighted by Gasteiger charge is -2.38. The van der Waals surface area contributed by atoms with E-state index in [1.807, 2.05) is 0 Å². The zero-order chi connectivity index (χ0) is 18.6. The van der Waals surface area contributed by atoms with E-state index in [1.165, 1.54) is 12.1 Å². The van der Waals surface area contributed by atoms with Gasteiger partial charge in [0.05, 0.1) is 12.5 Å². The molecule has 2 rings (SSSR count). The molecule has 1 saturated heterocycles. The van der Waals surface area contributed by atoms with Crippen molar-refractivity contribution in [3.8, 4) is 0 Å². The van der Waals surface area contributed by atoms with Gasteiger partial charge in [-0.1, -0.05) is 12.1 Å². The van der Waals surface area contributed by atoms with Gasteiger partial charge in [0, 0.05) is 19.0 Å². The minimum atomic E-state index is -0.593. The van der Waals surface area contributed by atoms with E-state index in [0.29, 0.717) is 13.0 Å². The molecule has 0 saturated carbocycles. The largest absolute Gasteiger partial charge is 0.466 e. The van der Waals surface area contributed by atoms with Gasteiger partial charge in [-0.05, 0) is 51.8 Å². The first kappa shape index (κ1) is 19.2. The number of ether oxygens (including phenoxy) is 2. The molecule has 1 aromatic rings. The summed E-state index contributed by atoms with van der Waals surface area (Å²) in [6.07, 6.45) is 0.160. The van der Waals surface area contributed by atoms with Gasteiger partial charge >= 0.3 is 12.1 Å². The summed E-state index contributed by atoms with van der Waals surface area (Å²) in [5.41, 5.74) is 0.285. The summed E-state index contributed by atoms with van der Waals surface area (Å²) < 4.78 is 23.8. The third-order valence-electron chi connectivity index (χ3n) is 4.15. The van der Waals surface area contributed by atoms with Gasteiger partial charge in [0.15, 0.2) is 0 Å². The van der Waals surface area contributed by atoms with Crippen molar-refractivity contribution < 1.29 is 23.5 Å².